The summed E-state index contributed by atoms with van der Waals surface area (Å²) in [6.45, 7) is 3.71. The molecule has 0 saturated heterocycles. The van der Waals surface area contributed by atoms with Crippen molar-refractivity contribution in [1.29, 1.82) is 0 Å². The zero-order valence-corrected chi connectivity index (χ0v) is 14.0. The van der Waals surface area contributed by atoms with Gasteiger partial charge < -0.3 is 14.8 Å². The smallest absolute Gasteiger partial charge is 0.256 e. The number of nitrogens with one attached hydrogen (secondary N) is 1. The molecule has 0 fully saturated rings. The largest absolute Gasteiger partial charge is 0.493 e. The summed E-state index contributed by atoms with van der Waals surface area (Å²) in [5, 5.41) is 2.89. The molecule has 1 N–H and O–H groups in total. The van der Waals surface area contributed by atoms with Gasteiger partial charge in [-0.1, -0.05) is 18.2 Å². The summed E-state index contributed by atoms with van der Waals surface area (Å²) in [7, 11) is 3.13. The zero-order valence-electron chi connectivity index (χ0n) is 13.2. The molecule has 23 heavy (non-hydrogen) atoms. The summed E-state index contributed by atoms with van der Waals surface area (Å²) in [5.41, 5.74) is 1.28. The van der Waals surface area contributed by atoms with Crippen molar-refractivity contribution in [3.63, 3.8) is 0 Å². The van der Waals surface area contributed by atoms with Crippen LogP contribution in [0, 0.1) is 0 Å². The average molecular weight is 329 g/mol. The highest BCUT2D eigenvalue weighted by Gasteiger charge is 2.12. The number of anilines is 1. The van der Waals surface area contributed by atoms with E-state index in [-0.39, 0.29) is 5.91 Å². The van der Waals surface area contributed by atoms with Crippen LogP contribution in [0.25, 0.3) is 0 Å². The highest BCUT2D eigenvalue weighted by molar-refractivity contribution is 7.99. The monoisotopic (exact) mass is 329 g/mol. The fourth-order valence-corrected chi connectivity index (χ4v) is 2.83. The highest BCUT2D eigenvalue weighted by atomic mass is 32.2. The number of carbonyl (C=O) groups excluding carboxylic acids is 1. The average Bonchev–Trinajstić information content (AvgIpc) is 2.60. The van der Waals surface area contributed by atoms with Crippen molar-refractivity contribution in [1.82, 2.24) is 0 Å². The van der Waals surface area contributed by atoms with E-state index >= 15 is 0 Å². The predicted octanol–water partition coefficient (Wildman–Crippen LogP) is 4.23. The number of carbonyl (C=O) groups is 1. The Hall–Kier alpha value is -2.40. The zero-order chi connectivity index (χ0) is 16.7. The van der Waals surface area contributed by atoms with Crippen molar-refractivity contribution in [3.05, 3.63) is 60.7 Å². The molecule has 2 aromatic rings. The number of hydrogen-bond acceptors (Lipinski definition) is 4. The molecule has 1 amide bonds. The molecular formula is C18H19NO3S. The molecular weight excluding hydrogens is 310 g/mol. The lowest BCUT2D eigenvalue weighted by Crippen LogP contribution is -2.13. The van der Waals surface area contributed by atoms with E-state index in [4.69, 9.17) is 9.47 Å². The molecule has 0 aliphatic carbocycles. The van der Waals surface area contributed by atoms with Crippen molar-refractivity contribution in [2.24, 2.45) is 0 Å². The molecule has 5 heteroatoms. The van der Waals surface area contributed by atoms with Crippen molar-refractivity contribution in [3.8, 4) is 11.5 Å². The quantitative estimate of drug-likeness (QED) is 0.610. The summed E-state index contributed by atoms with van der Waals surface area (Å²) < 4.78 is 10.4. The first-order valence-corrected chi connectivity index (χ1v) is 8.04. The molecule has 120 valence electrons. The molecule has 0 spiro atoms. The maximum Gasteiger partial charge on any atom is 0.256 e. The minimum Gasteiger partial charge on any atom is -0.493 e. The lowest BCUT2D eigenvalue weighted by atomic mass is 10.2. The Morgan fingerprint density at radius 1 is 1.17 bits per heavy atom. The molecule has 0 aromatic heterocycles. The SMILES string of the molecule is C=CCSc1ccccc1C(=O)Nc1ccc(OC)c(OC)c1. The standard InChI is InChI=1S/C18H19NO3S/c1-4-11-23-17-8-6-5-7-14(17)18(20)19-13-9-10-15(21-2)16(12-13)22-3/h4-10,12H,1,11H2,2-3H3,(H,19,20). The second-order valence-corrected chi connectivity index (χ2v) is 5.68. The van der Waals surface area contributed by atoms with Gasteiger partial charge in [-0.25, -0.2) is 0 Å². The first-order chi connectivity index (χ1) is 11.2. The predicted molar refractivity (Wildman–Crippen MR) is 94.9 cm³/mol. The van der Waals surface area contributed by atoms with E-state index in [9.17, 15) is 4.79 Å². The number of benzene rings is 2. The minimum absolute atomic E-state index is 0.163. The second kappa shape index (κ2) is 8.29. The van der Waals surface area contributed by atoms with E-state index in [1.54, 1.807) is 44.2 Å². The van der Waals surface area contributed by atoms with Crippen LogP contribution in [-0.4, -0.2) is 25.9 Å². The lowest BCUT2D eigenvalue weighted by Gasteiger charge is -2.12. The molecule has 0 aliphatic heterocycles. The Balaban J connectivity index is 2.21. The first kappa shape index (κ1) is 17.0. The molecule has 0 heterocycles. The summed E-state index contributed by atoms with van der Waals surface area (Å²) in [4.78, 5) is 13.5. The third kappa shape index (κ3) is 4.29. The summed E-state index contributed by atoms with van der Waals surface area (Å²) in [5.74, 6) is 1.78. The first-order valence-electron chi connectivity index (χ1n) is 7.05. The molecule has 0 saturated carbocycles. The van der Waals surface area contributed by atoms with Gasteiger partial charge >= 0.3 is 0 Å². The number of methoxy groups -OCH3 is 2. The van der Waals surface area contributed by atoms with Gasteiger partial charge in [0.15, 0.2) is 11.5 Å². The van der Waals surface area contributed by atoms with E-state index in [0.29, 0.717) is 22.7 Å². The van der Waals surface area contributed by atoms with Crippen molar-refractivity contribution in [2.45, 2.75) is 4.90 Å². The van der Waals surface area contributed by atoms with Crippen LogP contribution < -0.4 is 14.8 Å². The summed E-state index contributed by atoms with van der Waals surface area (Å²) >= 11 is 1.58. The molecule has 0 atom stereocenters. The third-order valence-corrected chi connectivity index (χ3v) is 4.20. The van der Waals surface area contributed by atoms with Crippen molar-refractivity contribution in [2.75, 3.05) is 25.3 Å². The van der Waals surface area contributed by atoms with Crippen LogP contribution in [-0.2, 0) is 0 Å². The number of amides is 1. The number of ether oxygens (including phenoxy) is 2. The third-order valence-electron chi connectivity index (χ3n) is 3.13. The van der Waals surface area contributed by atoms with E-state index in [0.717, 1.165) is 10.6 Å². The van der Waals surface area contributed by atoms with Crippen LogP contribution in [0.4, 0.5) is 5.69 Å². The fraction of sp³-hybridized carbons (Fsp3) is 0.167. The number of thioether (sulfide) groups is 1. The van der Waals surface area contributed by atoms with Crippen molar-refractivity contribution >= 4 is 23.4 Å². The van der Waals surface area contributed by atoms with Crippen LogP contribution in [0.2, 0.25) is 0 Å². The minimum atomic E-state index is -0.163. The Bertz CT molecular complexity index is 700. The fourth-order valence-electron chi connectivity index (χ4n) is 2.04. The van der Waals surface area contributed by atoms with E-state index in [1.807, 2.05) is 30.3 Å². The van der Waals surface area contributed by atoms with Gasteiger partial charge in [0.05, 0.1) is 19.8 Å². The van der Waals surface area contributed by atoms with Gasteiger partial charge in [-0.05, 0) is 24.3 Å². The maximum atomic E-state index is 12.5. The van der Waals surface area contributed by atoms with Gasteiger partial charge in [0.25, 0.3) is 5.91 Å². The number of rotatable bonds is 7. The van der Waals surface area contributed by atoms with Crippen molar-refractivity contribution < 1.29 is 14.3 Å². The van der Waals surface area contributed by atoms with Gasteiger partial charge in [0, 0.05) is 22.4 Å². The Morgan fingerprint density at radius 3 is 2.61 bits per heavy atom. The Kier molecular flexibility index (Phi) is 6.11. The molecule has 2 rings (SSSR count). The normalized spacial score (nSPS) is 10.0. The highest BCUT2D eigenvalue weighted by Crippen LogP contribution is 2.30. The van der Waals surface area contributed by atoms with Gasteiger partial charge in [0.2, 0.25) is 0 Å². The molecule has 2 aromatic carbocycles. The topological polar surface area (TPSA) is 47.6 Å². The summed E-state index contributed by atoms with van der Waals surface area (Å²) in [6.07, 6.45) is 1.81. The Morgan fingerprint density at radius 2 is 1.91 bits per heavy atom. The van der Waals surface area contributed by atoms with E-state index in [1.165, 1.54) is 0 Å². The summed E-state index contributed by atoms with van der Waals surface area (Å²) in [6, 6.07) is 12.8. The lowest BCUT2D eigenvalue weighted by molar-refractivity contribution is 0.102. The maximum absolute atomic E-state index is 12.5. The van der Waals surface area contributed by atoms with Crippen LogP contribution in [0.1, 0.15) is 10.4 Å². The van der Waals surface area contributed by atoms with Gasteiger partial charge in [0.1, 0.15) is 0 Å². The second-order valence-electron chi connectivity index (χ2n) is 4.62. The van der Waals surface area contributed by atoms with Crippen LogP contribution in [0.5, 0.6) is 11.5 Å². The molecule has 0 radical (unpaired) electrons. The van der Waals surface area contributed by atoms with Gasteiger partial charge in [-0.2, -0.15) is 0 Å². The van der Waals surface area contributed by atoms with Gasteiger partial charge in [-0.3, -0.25) is 4.79 Å². The van der Waals surface area contributed by atoms with Crippen LogP contribution in [0.15, 0.2) is 60.0 Å². The van der Waals surface area contributed by atoms with Crippen LogP contribution in [0.3, 0.4) is 0 Å². The van der Waals surface area contributed by atoms with E-state index < -0.39 is 0 Å². The Labute approximate surface area is 140 Å². The number of hydrogen-bond donors (Lipinski definition) is 1. The molecule has 4 nitrogen and oxygen atoms in total. The van der Waals surface area contributed by atoms with Crippen LogP contribution >= 0.6 is 11.8 Å². The van der Waals surface area contributed by atoms with E-state index in [2.05, 4.69) is 11.9 Å². The van der Waals surface area contributed by atoms with Gasteiger partial charge in [-0.15, -0.1) is 18.3 Å². The molecule has 0 bridgehead atoms. The molecule has 0 unspecified atom stereocenters. The molecule has 0 aliphatic rings.